The Hall–Kier alpha value is -0.800. The van der Waals surface area contributed by atoms with Crippen LogP contribution in [-0.2, 0) is 0 Å². The zero-order valence-corrected chi connectivity index (χ0v) is 112. The van der Waals surface area contributed by atoms with Crippen molar-refractivity contribution < 1.29 is 44.8 Å². The quantitative estimate of drug-likeness (QED) is 0.0551. The Balaban J connectivity index is 0.000000281. The van der Waals surface area contributed by atoms with E-state index in [4.69, 9.17) is 0 Å². The summed E-state index contributed by atoms with van der Waals surface area (Å²) in [5.74, 6) is -0.0222. The topological polar surface area (TPSA) is 32.4 Å². The molecule has 20 heteroatoms. The Morgan fingerprint density at radius 3 is 0.782 bits per heavy atom. The van der Waals surface area contributed by atoms with Crippen molar-refractivity contribution in [3.63, 3.8) is 0 Å². The molecule has 0 amide bonds. The molecule has 5 spiro atoms. The Morgan fingerprint density at radius 2 is 0.463 bits per heavy atom. The second-order valence-corrected chi connectivity index (χ2v) is 57.8. The largest absolute Gasteiger partial charge is 0.358 e. The predicted molar refractivity (Wildman–Crippen MR) is 642 cm³/mol. The van der Waals surface area contributed by atoms with Gasteiger partial charge in [0.05, 0.1) is 197 Å². The van der Waals surface area contributed by atoms with Crippen molar-refractivity contribution in [2.75, 3.05) is 199 Å². The SMILES string of the molecule is CCC(C)(C)N1CC(C)[N+](CC)(CC)C12N(C(C)(C)CC)C(C)C[N+]2(CC)CC.CCC(C)(C)N1CC(C)[N@@+](C)(CC)C12N(C(C)(C)CC)C(C)C[N@@+]2(C)CC.CCC1C[N+](CC)(CC)C2(N(C(C)(C)CC)CC(CC)[N+]2(CC)CC)N1C(C)(C)CC.CCC1C[N@@+](C)(CC)C2(N(C(C)(C)CC)CC(CC)[N@@+]2(C)CC)N1C(C)(C)CC.CCCC1C[N@@+](C)(CC)C2(N(C(C)(C)CC)CC(CCC)[N@@+]2(C)CC)N1C(C)(C)CC. The molecule has 0 aromatic carbocycles. The summed E-state index contributed by atoms with van der Waals surface area (Å²) in [6.07, 6.45) is 22.1. The molecule has 10 saturated heterocycles. The average molecular weight is 2080 g/mol. The monoisotopic (exact) mass is 2080 g/mol. The summed E-state index contributed by atoms with van der Waals surface area (Å²) in [5, 5.41) is 0. The molecule has 10 rings (SSSR count). The summed E-state index contributed by atoms with van der Waals surface area (Å²) in [6.45, 7) is 162. The minimum atomic E-state index is -0.0125. The molecule has 15 unspecified atom stereocenters. The van der Waals surface area contributed by atoms with Crippen molar-refractivity contribution in [3.05, 3.63) is 0 Å². The van der Waals surface area contributed by atoms with Crippen LogP contribution in [0.5, 0.6) is 0 Å². The maximum atomic E-state index is 3.10. The van der Waals surface area contributed by atoms with Crippen LogP contribution in [0.1, 0.15) is 489 Å². The smallest absolute Gasteiger partial charge is 0.244 e. The van der Waals surface area contributed by atoms with E-state index in [1.807, 2.05) is 0 Å². The molecule has 147 heavy (non-hydrogen) atoms. The van der Waals surface area contributed by atoms with Gasteiger partial charge in [-0.25, -0.2) is 44.8 Å². The second kappa shape index (κ2) is 47.8. The van der Waals surface area contributed by atoms with E-state index >= 15 is 0 Å². The van der Waals surface area contributed by atoms with Crippen LogP contribution in [0.25, 0.3) is 0 Å². The lowest BCUT2D eigenvalue weighted by molar-refractivity contribution is -1.18. The highest BCUT2D eigenvalue weighted by atomic mass is 15.9. The minimum absolute atomic E-state index is 0.00481. The number of nitrogens with zero attached hydrogens (tertiary/aromatic N) is 20. The van der Waals surface area contributed by atoms with Crippen LogP contribution in [0.2, 0.25) is 0 Å². The Morgan fingerprint density at radius 1 is 0.211 bits per heavy atom. The van der Waals surface area contributed by atoms with Gasteiger partial charge in [-0.3, -0.25) is 0 Å². The van der Waals surface area contributed by atoms with Gasteiger partial charge >= 0.3 is 29.6 Å². The lowest BCUT2D eigenvalue weighted by Crippen LogP contribution is -2.87. The first-order chi connectivity index (χ1) is 67.7. The highest BCUT2D eigenvalue weighted by Crippen LogP contribution is 2.65. The molecule has 10 aliphatic heterocycles. The van der Waals surface area contributed by atoms with E-state index in [0.717, 1.165) is 26.9 Å². The third-order valence-corrected chi connectivity index (χ3v) is 48.8. The minimum Gasteiger partial charge on any atom is -0.244 e. The number of hydrogen-bond donors (Lipinski definition) is 0. The van der Waals surface area contributed by atoms with Crippen molar-refractivity contribution in [1.82, 2.24) is 49.0 Å². The maximum Gasteiger partial charge on any atom is 0.358 e. The Bertz CT molecular complexity index is 4040. The van der Waals surface area contributed by atoms with E-state index in [1.54, 1.807) is 0 Å². The van der Waals surface area contributed by atoms with Gasteiger partial charge in [-0.1, -0.05) is 124 Å². The molecule has 0 saturated carbocycles. The van der Waals surface area contributed by atoms with Crippen molar-refractivity contribution in [1.29, 1.82) is 0 Å². The summed E-state index contributed by atoms with van der Waals surface area (Å²) in [5.41, 5.74) is 1.74. The van der Waals surface area contributed by atoms with Crippen molar-refractivity contribution in [3.8, 4) is 0 Å². The van der Waals surface area contributed by atoms with Crippen LogP contribution in [0.4, 0.5) is 0 Å². The molecule has 20 nitrogen and oxygen atoms in total. The second-order valence-electron chi connectivity index (χ2n) is 57.8. The van der Waals surface area contributed by atoms with Crippen LogP contribution < -0.4 is 0 Å². The summed E-state index contributed by atoms with van der Waals surface area (Å²) in [4.78, 5) is 30.3. The summed E-state index contributed by atoms with van der Waals surface area (Å²) >= 11 is 0. The predicted octanol–water partition coefficient (Wildman–Crippen LogP) is 26.3. The highest BCUT2D eigenvalue weighted by Gasteiger charge is 2.89. The van der Waals surface area contributed by atoms with Crippen LogP contribution in [0.15, 0.2) is 0 Å². The fraction of sp³-hybridized carbons (Fsp3) is 1.00. The maximum absolute atomic E-state index is 3.10. The molecular weight excluding hydrogens is 1810 g/mol. The van der Waals surface area contributed by atoms with Gasteiger partial charge in [0.15, 0.2) is 0 Å². The zero-order valence-electron chi connectivity index (χ0n) is 112. The Kier molecular flexibility index (Phi) is 43.9. The van der Waals surface area contributed by atoms with Gasteiger partial charge in [-0.2, -0.15) is 49.0 Å². The molecule has 0 aliphatic carbocycles. The summed E-state index contributed by atoms with van der Waals surface area (Å²) in [6, 6.07) is 6.42. The molecule has 0 aromatic rings. The zero-order chi connectivity index (χ0) is 114. The first-order valence-electron chi connectivity index (χ1n) is 64.2. The fourth-order valence-corrected chi connectivity index (χ4v) is 36.4. The van der Waals surface area contributed by atoms with E-state index < -0.39 is 0 Å². The van der Waals surface area contributed by atoms with E-state index in [1.165, 1.54) is 291 Å². The molecule has 872 valence electrons. The van der Waals surface area contributed by atoms with Gasteiger partial charge in [0, 0.05) is 61.8 Å². The van der Waals surface area contributed by atoms with Crippen molar-refractivity contribution >= 4 is 0 Å². The lowest BCUT2D eigenvalue weighted by Gasteiger charge is -2.63. The molecule has 0 N–H and O–H groups in total. The molecule has 0 bridgehead atoms. The van der Waals surface area contributed by atoms with Gasteiger partial charge in [0.1, 0.15) is 62.9 Å². The molecule has 0 radical (unpaired) electrons. The first-order valence-corrected chi connectivity index (χ1v) is 64.2. The van der Waals surface area contributed by atoms with Gasteiger partial charge < -0.3 is 0 Å². The lowest BCUT2D eigenvalue weighted by atomic mass is 9.93. The first kappa shape index (κ1) is 135. The van der Waals surface area contributed by atoms with E-state index in [2.05, 4.69) is 465 Å². The number of quaternary nitrogens is 10. The van der Waals surface area contributed by atoms with Gasteiger partial charge in [0.25, 0.3) is 0 Å². The van der Waals surface area contributed by atoms with Crippen molar-refractivity contribution in [2.24, 2.45) is 0 Å². The van der Waals surface area contributed by atoms with Crippen LogP contribution >= 0.6 is 0 Å². The average Bonchev–Trinajstić information content (AvgIpc) is 1.49. The van der Waals surface area contributed by atoms with Gasteiger partial charge in [0.2, 0.25) is 0 Å². The molecule has 0 aromatic heterocycles. The summed E-state index contributed by atoms with van der Waals surface area (Å²) < 4.78 is 11.7. The van der Waals surface area contributed by atoms with Gasteiger partial charge in [-0.15, -0.1) is 0 Å². The normalized spacial score (nSPS) is 36.7. The molecular formula is C127H274N20+10. The van der Waals surface area contributed by atoms with Crippen LogP contribution in [0, 0.1) is 0 Å². The molecule has 10 aliphatic rings. The van der Waals surface area contributed by atoms with E-state index in [9.17, 15) is 0 Å². The molecule has 10 heterocycles. The van der Waals surface area contributed by atoms with Crippen LogP contribution in [-0.4, -0.2) is 439 Å². The number of likely N-dealkylation sites (N-methyl/N-ethyl adjacent to an activating group) is 10. The van der Waals surface area contributed by atoms with Crippen LogP contribution in [0.3, 0.4) is 0 Å². The fourth-order valence-electron chi connectivity index (χ4n) is 36.4. The Labute approximate surface area is 922 Å². The number of rotatable bonds is 42. The molecule has 10 fully saturated rings. The third-order valence-electron chi connectivity index (χ3n) is 48.8. The van der Waals surface area contributed by atoms with Gasteiger partial charge in [-0.05, 0) is 359 Å². The molecule has 21 atom stereocenters. The number of hydrogen-bond acceptors (Lipinski definition) is 10. The third kappa shape index (κ3) is 19.6. The standard InChI is InChI=1S/2C27H58N4.2C25H54N4.C23H50N4/c1-13-19-23-22-30(11,17-5)27(29(23)26(9,10)16-4)28(25(7,8)15-3)21-24(20-14-2)31(27,12)18-6;1-13-23-22-30(17-5,18-6)27(29(23)26(11,12)16-4)28(25(9,10)15-3)21-24(14-2)31(27,19-7)20-8;1-13-21-20-28(11,17-5)25(27(21)24(9,10)16-4)26(23(7,8)15-3)19-22(14-2)29(25,12)18-6;1-13-23(9,10)26-19-22(8)29(17-5,18-6)25(26)27(24(11,12)14-2)21(7)20-28(25,15-3)16-4;1-13-21(7,8)24-17-20(6)27(12,16-4)23(24)25(22(9,10)14-2)19(5)18-26(23,11)15-3/h2*23-24H,13-22H2,1-12H3;2*21-22H,13-20H2,1-12H3;19-20H,13-18H2,1-12H3/q5*+2/t23?,24?,27?,30-,31-;;21?,22?,25?,28-,29-;;19?,20?,23?,26-,27-/m1.1.1/s1. The van der Waals surface area contributed by atoms with E-state index in [0.29, 0.717) is 60.4 Å². The van der Waals surface area contributed by atoms with Crippen molar-refractivity contribution in [2.45, 2.75) is 635 Å². The summed E-state index contributed by atoms with van der Waals surface area (Å²) in [7, 11) is 15.5. The highest BCUT2D eigenvalue weighted by molar-refractivity contribution is 5.11. The van der Waals surface area contributed by atoms with E-state index in [-0.39, 0.29) is 84.9 Å².